The van der Waals surface area contributed by atoms with E-state index in [0.29, 0.717) is 6.42 Å². The van der Waals surface area contributed by atoms with Crippen LogP contribution in [0.15, 0.2) is 48.6 Å². The summed E-state index contributed by atoms with van der Waals surface area (Å²) in [7, 11) is 0. The van der Waals surface area contributed by atoms with Crippen molar-refractivity contribution in [3.8, 4) is 0 Å². The molecule has 0 saturated heterocycles. The number of amides is 1. The lowest BCUT2D eigenvalue weighted by Gasteiger charge is -2.19. The van der Waals surface area contributed by atoms with Gasteiger partial charge in [0.2, 0.25) is 5.91 Å². The summed E-state index contributed by atoms with van der Waals surface area (Å²) in [4.78, 5) is 12.2. The molecule has 0 aliphatic rings. The van der Waals surface area contributed by atoms with Crippen molar-refractivity contribution in [3.05, 3.63) is 48.6 Å². The largest absolute Gasteiger partial charge is 0.394 e. The van der Waals surface area contributed by atoms with E-state index < -0.39 is 12.1 Å². The highest BCUT2D eigenvalue weighted by atomic mass is 16.3. The predicted molar refractivity (Wildman–Crippen MR) is 188 cm³/mol. The first-order valence-electron chi connectivity index (χ1n) is 18.4. The molecule has 2 unspecified atom stereocenters. The summed E-state index contributed by atoms with van der Waals surface area (Å²) in [5.41, 5.74) is 0. The number of rotatable bonds is 32. The van der Waals surface area contributed by atoms with Crippen LogP contribution in [0.5, 0.6) is 0 Å². The highest BCUT2D eigenvalue weighted by Gasteiger charge is 2.17. The average molecular weight is 602 g/mol. The summed E-state index contributed by atoms with van der Waals surface area (Å²) in [5, 5.41) is 22.7. The van der Waals surface area contributed by atoms with Gasteiger partial charge in [-0.25, -0.2) is 0 Å². The topological polar surface area (TPSA) is 69.6 Å². The van der Waals surface area contributed by atoms with E-state index in [1.54, 1.807) is 6.08 Å². The van der Waals surface area contributed by atoms with Crippen molar-refractivity contribution in [2.24, 2.45) is 0 Å². The van der Waals surface area contributed by atoms with Crippen LogP contribution in [0.4, 0.5) is 0 Å². The van der Waals surface area contributed by atoms with Crippen LogP contribution in [0.3, 0.4) is 0 Å². The third kappa shape index (κ3) is 31.6. The quantitative estimate of drug-likeness (QED) is 0.0530. The second-order valence-electron chi connectivity index (χ2n) is 12.3. The van der Waals surface area contributed by atoms with Crippen molar-refractivity contribution in [1.82, 2.24) is 5.32 Å². The van der Waals surface area contributed by atoms with Crippen molar-refractivity contribution in [2.75, 3.05) is 6.61 Å². The number of hydrogen-bond donors (Lipinski definition) is 3. The van der Waals surface area contributed by atoms with E-state index in [-0.39, 0.29) is 12.5 Å². The molecular weight excluding hydrogens is 530 g/mol. The molecule has 0 spiro atoms. The maximum Gasteiger partial charge on any atom is 0.220 e. The lowest BCUT2D eigenvalue weighted by Crippen LogP contribution is -2.45. The molecule has 0 saturated carbocycles. The molecule has 0 fully saturated rings. The van der Waals surface area contributed by atoms with Crippen molar-refractivity contribution in [3.63, 3.8) is 0 Å². The van der Waals surface area contributed by atoms with Crippen molar-refractivity contribution < 1.29 is 15.0 Å². The zero-order valence-electron chi connectivity index (χ0n) is 28.5. The Balaban J connectivity index is 3.70. The first-order valence-corrected chi connectivity index (χ1v) is 18.4. The Kier molecular flexibility index (Phi) is 33.5. The van der Waals surface area contributed by atoms with E-state index in [2.05, 4.69) is 55.6 Å². The van der Waals surface area contributed by atoms with Gasteiger partial charge in [0, 0.05) is 6.42 Å². The van der Waals surface area contributed by atoms with Crippen molar-refractivity contribution in [2.45, 2.75) is 187 Å². The van der Waals surface area contributed by atoms with E-state index in [1.807, 2.05) is 6.08 Å². The Morgan fingerprint density at radius 3 is 1.37 bits per heavy atom. The van der Waals surface area contributed by atoms with E-state index in [9.17, 15) is 15.0 Å². The first kappa shape index (κ1) is 41.4. The number of aliphatic hydroxyl groups excluding tert-OH is 2. The molecule has 43 heavy (non-hydrogen) atoms. The van der Waals surface area contributed by atoms with Crippen LogP contribution in [-0.4, -0.2) is 34.9 Å². The molecule has 2 atom stereocenters. The van der Waals surface area contributed by atoms with E-state index >= 15 is 0 Å². The third-order valence-electron chi connectivity index (χ3n) is 8.01. The van der Waals surface area contributed by atoms with Crippen LogP contribution in [-0.2, 0) is 4.79 Å². The minimum absolute atomic E-state index is 0.117. The van der Waals surface area contributed by atoms with Gasteiger partial charge in [-0.05, 0) is 64.2 Å². The maximum absolute atomic E-state index is 12.2. The van der Waals surface area contributed by atoms with E-state index in [4.69, 9.17) is 0 Å². The molecule has 250 valence electrons. The molecular formula is C39H71NO3. The molecule has 0 aliphatic carbocycles. The summed E-state index contributed by atoms with van der Waals surface area (Å²) in [5.74, 6) is -0.117. The lowest BCUT2D eigenvalue weighted by atomic mass is 10.0. The second-order valence-corrected chi connectivity index (χ2v) is 12.3. The monoisotopic (exact) mass is 602 g/mol. The Labute approximate surface area is 267 Å². The molecule has 0 aromatic heterocycles. The van der Waals surface area contributed by atoms with Crippen molar-refractivity contribution >= 4 is 5.91 Å². The van der Waals surface area contributed by atoms with Gasteiger partial charge in [-0.1, -0.05) is 152 Å². The number of carbonyl (C=O) groups is 1. The van der Waals surface area contributed by atoms with Crippen LogP contribution in [0, 0.1) is 0 Å². The molecule has 4 heteroatoms. The van der Waals surface area contributed by atoms with Crippen LogP contribution in [0.25, 0.3) is 0 Å². The average Bonchev–Trinajstić information content (AvgIpc) is 3.01. The van der Waals surface area contributed by atoms with Gasteiger partial charge in [-0.2, -0.15) is 0 Å². The first-order chi connectivity index (χ1) is 21.2. The van der Waals surface area contributed by atoms with Gasteiger partial charge in [-0.3, -0.25) is 4.79 Å². The Bertz CT molecular complexity index is 697. The molecule has 0 aromatic carbocycles. The molecule has 0 bridgehead atoms. The molecule has 1 amide bonds. The minimum atomic E-state index is -0.879. The third-order valence-corrected chi connectivity index (χ3v) is 8.01. The fraction of sp³-hybridized carbons (Fsp3) is 0.769. The molecule has 3 N–H and O–H groups in total. The predicted octanol–water partition coefficient (Wildman–Crippen LogP) is 10.8. The SMILES string of the molecule is CCCCCC/C=C\CCCC(=O)NC(CO)C(O)/C=C/CC/C=C/CC/C=C/CCCCCCCCCCCCCC. The van der Waals surface area contributed by atoms with Gasteiger partial charge in [0.05, 0.1) is 18.8 Å². The van der Waals surface area contributed by atoms with Crippen molar-refractivity contribution in [1.29, 1.82) is 0 Å². The fourth-order valence-electron chi connectivity index (χ4n) is 5.15. The number of hydrogen-bond acceptors (Lipinski definition) is 3. The van der Waals surface area contributed by atoms with Gasteiger partial charge in [0.1, 0.15) is 0 Å². The standard InChI is InChI=1S/C39H71NO3/c1-3-5-7-9-11-13-14-15-16-17-18-19-20-21-22-23-24-25-27-28-30-32-34-38(42)37(36-41)40-39(43)35-33-31-29-26-12-10-8-6-4-2/h21-22,25-27,29,32,34,37-38,41-42H,3-20,23-24,28,30-31,33,35-36H2,1-2H3,(H,40,43)/b22-21+,27-25+,29-26-,34-32+. The molecule has 0 rings (SSSR count). The minimum Gasteiger partial charge on any atom is -0.394 e. The second kappa shape index (κ2) is 34.8. The maximum atomic E-state index is 12.2. The summed E-state index contributed by atoms with van der Waals surface area (Å²) in [6, 6.07) is -0.657. The zero-order chi connectivity index (χ0) is 31.5. The normalized spacial score (nSPS) is 13.7. The van der Waals surface area contributed by atoms with Gasteiger partial charge in [0.25, 0.3) is 0 Å². The Morgan fingerprint density at radius 2 is 0.907 bits per heavy atom. The summed E-state index contributed by atoms with van der Waals surface area (Å²) in [6.45, 7) is 4.23. The van der Waals surface area contributed by atoms with Crippen LogP contribution in [0.2, 0.25) is 0 Å². The number of aliphatic hydroxyl groups is 2. The lowest BCUT2D eigenvalue weighted by molar-refractivity contribution is -0.122. The highest BCUT2D eigenvalue weighted by Crippen LogP contribution is 2.13. The number of unbranched alkanes of at least 4 members (excludes halogenated alkanes) is 19. The van der Waals surface area contributed by atoms with Crippen LogP contribution in [0.1, 0.15) is 174 Å². The summed E-state index contributed by atoms with van der Waals surface area (Å²) < 4.78 is 0. The molecule has 0 aliphatic heterocycles. The smallest absolute Gasteiger partial charge is 0.220 e. The number of nitrogens with one attached hydrogen (secondary N) is 1. The Hall–Kier alpha value is -1.65. The molecule has 0 aromatic rings. The number of allylic oxidation sites excluding steroid dienone is 7. The van der Waals surface area contributed by atoms with Crippen LogP contribution >= 0.6 is 0 Å². The molecule has 0 radical (unpaired) electrons. The summed E-state index contributed by atoms with van der Waals surface area (Å²) in [6.07, 6.45) is 46.4. The van der Waals surface area contributed by atoms with E-state index in [1.165, 1.54) is 109 Å². The summed E-state index contributed by atoms with van der Waals surface area (Å²) >= 11 is 0. The number of carbonyl (C=O) groups excluding carboxylic acids is 1. The zero-order valence-corrected chi connectivity index (χ0v) is 28.5. The van der Waals surface area contributed by atoms with Crippen LogP contribution < -0.4 is 5.32 Å². The van der Waals surface area contributed by atoms with Gasteiger partial charge in [0.15, 0.2) is 0 Å². The fourth-order valence-corrected chi connectivity index (χ4v) is 5.15. The van der Waals surface area contributed by atoms with Gasteiger partial charge >= 0.3 is 0 Å². The van der Waals surface area contributed by atoms with E-state index in [0.717, 1.165) is 44.9 Å². The molecule has 0 heterocycles. The van der Waals surface area contributed by atoms with Gasteiger partial charge in [-0.15, -0.1) is 0 Å². The Morgan fingerprint density at radius 1 is 0.535 bits per heavy atom. The van der Waals surface area contributed by atoms with Gasteiger partial charge < -0.3 is 15.5 Å². The highest BCUT2D eigenvalue weighted by molar-refractivity contribution is 5.76. The molecule has 4 nitrogen and oxygen atoms in total.